The summed E-state index contributed by atoms with van der Waals surface area (Å²) in [5, 5.41) is 13.0. The van der Waals surface area contributed by atoms with E-state index in [9.17, 15) is 5.11 Å². The average molecular weight is 286 g/mol. The normalized spacial score (nSPS) is 26.4. The second-order valence-corrected chi connectivity index (χ2v) is 7.17. The second kappa shape index (κ2) is 7.74. The summed E-state index contributed by atoms with van der Waals surface area (Å²) in [4.78, 5) is 2.49. The highest BCUT2D eigenvalue weighted by atomic mass is 16.5. The van der Waals surface area contributed by atoms with Gasteiger partial charge in [-0.05, 0) is 60.0 Å². The fourth-order valence-electron chi connectivity index (χ4n) is 3.10. The van der Waals surface area contributed by atoms with Crippen molar-refractivity contribution in [1.82, 2.24) is 10.2 Å². The smallest absolute Gasteiger partial charge is 0.0757 e. The Morgan fingerprint density at radius 3 is 2.70 bits per heavy atom. The minimum atomic E-state index is -0.135. The van der Waals surface area contributed by atoms with Gasteiger partial charge in [-0.3, -0.25) is 4.90 Å². The Morgan fingerprint density at radius 2 is 2.15 bits per heavy atom. The first-order chi connectivity index (χ1) is 9.30. The Labute approximate surface area is 124 Å². The summed E-state index contributed by atoms with van der Waals surface area (Å²) in [6, 6.07) is 0. The number of hydrogen-bond acceptors (Lipinski definition) is 4. The van der Waals surface area contributed by atoms with E-state index in [1.165, 1.54) is 0 Å². The van der Waals surface area contributed by atoms with Crippen LogP contribution in [0.25, 0.3) is 0 Å². The lowest BCUT2D eigenvalue weighted by molar-refractivity contribution is -0.129. The van der Waals surface area contributed by atoms with E-state index < -0.39 is 0 Å². The lowest BCUT2D eigenvalue weighted by Crippen LogP contribution is -2.52. The monoisotopic (exact) mass is 286 g/mol. The molecule has 1 aliphatic heterocycles. The van der Waals surface area contributed by atoms with Crippen LogP contribution in [0.2, 0.25) is 0 Å². The van der Waals surface area contributed by atoms with Crippen molar-refractivity contribution in [1.29, 1.82) is 0 Å². The second-order valence-electron chi connectivity index (χ2n) is 7.17. The van der Waals surface area contributed by atoms with Crippen LogP contribution in [0.15, 0.2) is 0 Å². The molecule has 20 heavy (non-hydrogen) atoms. The largest absolute Gasteiger partial charge is 0.394 e. The predicted molar refractivity (Wildman–Crippen MR) is 84.1 cm³/mol. The van der Waals surface area contributed by atoms with Gasteiger partial charge in [0, 0.05) is 18.6 Å². The molecule has 0 aromatic rings. The molecule has 0 amide bonds. The molecular formula is C16H34N2O2. The number of aliphatic hydroxyl groups is 1. The summed E-state index contributed by atoms with van der Waals surface area (Å²) < 4.78 is 5.93. The van der Waals surface area contributed by atoms with Crippen LogP contribution >= 0.6 is 0 Å². The molecule has 0 aromatic heterocycles. The van der Waals surface area contributed by atoms with Gasteiger partial charge in [-0.1, -0.05) is 6.92 Å². The summed E-state index contributed by atoms with van der Waals surface area (Å²) in [6.07, 6.45) is 3.53. The van der Waals surface area contributed by atoms with Gasteiger partial charge in [0.2, 0.25) is 0 Å². The van der Waals surface area contributed by atoms with Crippen molar-refractivity contribution < 1.29 is 9.84 Å². The summed E-state index contributed by atoms with van der Waals surface area (Å²) in [5.41, 5.74) is -0.179. The molecule has 0 saturated carbocycles. The van der Waals surface area contributed by atoms with Crippen LogP contribution in [0.5, 0.6) is 0 Å². The number of aliphatic hydroxyl groups excluding tert-OH is 1. The Balaban J connectivity index is 2.35. The van der Waals surface area contributed by atoms with E-state index in [1.54, 1.807) is 0 Å². The SMILES string of the molecule is CCCNC(C)(CO)CCCN1CC(C)OC(C)(C)C1. The number of ether oxygens (including phenoxy) is 1. The highest BCUT2D eigenvalue weighted by Crippen LogP contribution is 2.21. The first-order valence-corrected chi connectivity index (χ1v) is 8.06. The molecule has 1 aliphatic rings. The highest BCUT2D eigenvalue weighted by Gasteiger charge is 2.31. The van der Waals surface area contributed by atoms with Crippen molar-refractivity contribution in [2.75, 3.05) is 32.8 Å². The fourth-order valence-corrected chi connectivity index (χ4v) is 3.10. The molecule has 1 fully saturated rings. The van der Waals surface area contributed by atoms with Gasteiger partial charge in [0.1, 0.15) is 0 Å². The van der Waals surface area contributed by atoms with Gasteiger partial charge in [0.15, 0.2) is 0 Å². The minimum Gasteiger partial charge on any atom is -0.394 e. The number of nitrogens with zero attached hydrogens (tertiary/aromatic N) is 1. The number of nitrogens with one attached hydrogen (secondary N) is 1. The van der Waals surface area contributed by atoms with Gasteiger partial charge in [0.05, 0.1) is 18.3 Å². The van der Waals surface area contributed by atoms with E-state index in [0.29, 0.717) is 6.10 Å². The Morgan fingerprint density at radius 1 is 1.45 bits per heavy atom. The summed E-state index contributed by atoms with van der Waals surface area (Å²) in [7, 11) is 0. The zero-order valence-corrected chi connectivity index (χ0v) is 14.0. The quantitative estimate of drug-likeness (QED) is 0.716. The van der Waals surface area contributed by atoms with E-state index in [4.69, 9.17) is 4.74 Å². The van der Waals surface area contributed by atoms with Crippen LogP contribution in [0.4, 0.5) is 0 Å². The van der Waals surface area contributed by atoms with E-state index in [1.807, 2.05) is 0 Å². The van der Waals surface area contributed by atoms with Crippen molar-refractivity contribution in [3.05, 3.63) is 0 Å². The predicted octanol–water partition coefficient (Wildman–Crippen LogP) is 2.02. The van der Waals surface area contributed by atoms with E-state index in [-0.39, 0.29) is 17.7 Å². The van der Waals surface area contributed by atoms with Gasteiger partial charge >= 0.3 is 0 Å². The summed E-state index contributed by atoms with van der Waals surface area (Å²) >= 11 is 0. The van der Waals surface area contributed by atoms with Gasteiger partial charge in [0.25, 0.3) is 0 Å². The minimum absolute atomic E-state index is 0.0432. The van der Waals surface area contributed by atoms with Crippen molar-refractivity contribution in [2.24, 2.45) is 0 Å². The Hall–Kier alpha value is -0.160. The molecule has 120 valence electrons. The van der Waals surface area contributed by atoms with Crippen molar-refractivity contribution in [3.63, 3.8) is 0 Å². The molecule has 2 N–H and O–H groups in total. The van der Waals surface area contributed by atoms with E-state index in [2.05, 4.69) is 44.8 Å². The molecule has 0 spiro atoms. The third-order valence-corrected chi connectivity index (χ3v) is 3.99. The lowest BCUT2D eigenvalue weighted by atomic mass is 9.96. The topological polar surface area (TPSA) is 44.7 Å². The zero-order chi connectivity index (χ0) is 15.2. The molecule has 0 aliphatic carbocycles. The molecule has 2 unspecified atom stereocenters. The first-order valence-electron chi connectivity index (χ1n) is 8.06. The van der Waals surface area contributed by atoms with E-state index >= 15 is 0 Å². The van der Waals surface area contributed by atoms with E-state index in [0.717, 1.165) is 45.4 Å². The van der Waals surface area contributed by atoms with Gasteiger partial charge in [-0.2, -0.15) is 0 Å². The van der Waals surface area contributed by atoms with Gasteiger partial charge in [-0.15, -0.1) is 0 Å². The molecule has 2 atom stereocenters. The van der Waals surface area contributed by atoms with Crippen LogP contribution in [-0.4, -0.2) is 60.0 Å². The van der Waals surface area contributed by atoms with Crippen LogP contribution in [0, 0.1) is 0 Å². The lowest BCUT2D eigenvalue weighted by Gasteiger charge is -2.42. The molecule has 4 nitrogen and oxygen atoms in total. The van der Waals surface area contributed by atoms with Crippen LogP contribution in [0.1, 0.15) is 53.9 Å². The Kier molecular flexibility index (Phi) is 6.92. The molecule has 1 rings (SSSR count). The molecule has 1 heterocycles. The maximum atomic E-state index is 9.58. The third kappa shape index (κ3) is 6.08. The van der Waals surface area contributed by atoms with Crippen LogP contribution in [0.3, 0.4) is 0 Å². The third-order valence-electron chi connectivity index (χ3n) is 3.99. The zero-order valence-electron chi connectivity index (χ0n) is 14.0. The molecule has 1 saturated heterocycles. The van der Waals surface area contributed by atoms with Gasteiger partial charge < -0.3 is 15.2 Å². The van der Waals surface area contributed by atoms with Crippen LogP contribution in [-0.2, 0) is 4.74 Å². The first kappa shape index (κ1) is 17.9. The standard InChI is InChI=1S/C16H34N2O2/c1-6-9-17-16(5,13-19)8-7-10-18-11-14(2)20-15(3,4)12-18/h14,17,19H,6-13H2,1-5H3. The molecular weight excluding hydrogens is 252 g/mol. The summed E-state index contributed by atoms with van der Waals surface area (Å²) in [5.74, 6) is 0. The fraction of sp³-hybridized carbons (Fsp3) is 1.00. The van der Waals surface area contributed by atoms with Crippen molar-refractivity contribution >= 4 is 0 Å². The number of rotatable bonds is 8. The maximum absolute atomic E-state index is 9.58. The molecule has 0 aromatic carbocycles. The molecule has 4 heteroatoms. The molecule has 0 radical (unpaired) electrons. The van der Waals surface area contributed by atoms with Gasteiger partial charge in [-0.25, -0.2) is 0 Å². The van der Waals surface area contributed by atoms with Crippen molar-refractivity contribution in [2.45, 2.75) is 71.1 Å². The molecule has 0 bridgehead atoms. The van der Waals surface area contributed by atoms with Crippen molar-refractivity contribution in [3.8, 4) is 0 Å². The maximum Gasteiger partial charge on any atom is 0.0757 e. The number of morpholine rings is 1. The average Bonchev–Trinajstić information content (AvgIpc) is 2.34. The highest BCUT2D eigenvalue weighted by molar-refractivity contribution is 4.85. The number of hydrogen-bond donors (Lipinski definition) is 2. The van der Waals surface area contributed by atoms with Crippen LogP contribution < -0.4 is 5.32 Å². The summed E-state index contributed by atoms with van der Waals surface area (Å²) in [6.45, 7) is 15.0. The Bertz CT molecular complexity index is 284.